The molecule has 1 aromatic carbocycles. The fourth-order valence-corrected chi connectivity index (χ4v) is 5.76. The molecule has 0 amide bonds. The number of hydrogen-bond acceptors (Lipinski definition) is 7. The number of halogens is 1. The molecule has 6 nitrogen and oxygen atoms in total. The summed E-state index contributed by atoms with van der Waals surface area (Å²) in [6.45, 7) is 4.38. The molecule has 1 aliphatic rings. The van der Waals surface area contributed by atoms with Crippen LogP contribution in [0.1, 0.15) is 5.82 Å². The lowest BCUT2D eigenvalue weighted by Crippen LogP contribution is -2.38. The van der Waals surface area contributed by atoms with Gasteiger partial charge in [0, 0.05) is 28.9 Å². The molecule has 9 heteroatoms. The van der Waals surface area contributed by atoms with Crippen LogP contribution in [0.2, 0.25) is 5.02 Å². The normalized spacial score (nSPS) is 14.8. The van der Waals surface area contributed by atoms with E-state index in [9.17, 15) is 4.79 Å². The van der Waals surface area contributed by atoms with Crippen LogP contribution in [0.4, 0.5) is 0 Å². The van der Waals surface area contributed by atoms with Crippen molar-refractivity contribution in [3.8, 4) is 16.2 Å². The molecule has 0 atom stereocenters. The minimum Gasteiger partial charge on any atom is -0.490 e. The van der Waals surface area contributed by atoms with Gasteiger partial charge in [0.15, 0.2) is 0 Å². The maximum Gasteiger partial charge on any atom is 0.263 e. The van der Waals surface area contributed by atoms with Gasteiger partial charge in [-0.15, -0.1) is 22.7 Å². The Kier molecular flexibility index (Phi) is 6.56. The van der Waals surface area contributed by atoms with E-state index in [1.54, 1.807) is 22.0 Å². The molecule has 1 saturated heterocycles. The first-order valence-electron chi connectivity index (χ1n) is 10.4. The van der Waals surface area contributed by atoms with Crippen LogP contribution in [0.15, 0.2) is 52.0 Å². The molecule has 1 aliphatic heterocycles. The largest absolute Gasteiger partial charge is 0.490 e. The van der Waals surface area contributed by atoms with Crippen molar-refractivity contribution >= 4 is 44.5 Å². The SMILES string of the molecule is O=c1c2c(-c3cccs3)csc2nc(CN2CCOCC2)n1CCOc1ccccc1Cl. The average molecular weight is 488 g/mol. The molecule has 0 spiro atoms. The zero-order valence-corrected chi connectivity index (χ0v) is 19.7. The summed E-state index contributed by atoms with van der Waals surface area (Å²) in [5.41, 5.74) is 0.932. The number of rotatable bonds is 7. The minimum absolute atomic E-state index is 0.0225. The van der Waals surface area contributed by atoms with E-state index in [1.165, 1.54) is 11.3 Å². The average Bonchev–Trinajstić information content (AvgIpc) is 3.48. The zero-order valence-electron chi connectivity index (χ0n) is 17.3. The lowest BCUT2D eigenvalue weighted by atomic mass is 10.2. The van der Waals surface area contributed by atoms with Crippen LogP contribution in [-0.4, -0.2) is 47.4 Å². The Bertz CT molecular complexity index is 1260. The van der Waals surface area contributed by atoms with Crippen molar-refractivity contribution in [1.29, 1.82) is 0 Å². The second-order valence-electron chi connectivity index (χ2n) is 7.46. The quantitative estimate of drug-likeness (QED) is 0.376. The number of para-hydroxylation sites is 1. The number of hydrogen-bond donors (Lipinski definition) is 0. The molecule has 32 heavy (non-hydrogen) atoms. The summed E-state index contributed by atoms with van der Waals surface area (Å²) in [7, 11) is 0. The second kappa shape index (κ2) is 9.72. The third-order valence-electron chi connectivity index (χ3n) is 5.44. The molecule has 5 rings (SSSR count). The highest BCUT2D eigenvalue weighted by Gasteiger charge is 2.20. The van der Waals surface area contributed by atoms with Gasteiger partial charge in [0.1, 0.15) is 23.0 Å². The van der Waals surface area contributed by atoms with Crippen LogP contribution in [0, 0.1) is 0 Å². The number of benzene rings is 1. The topological polar surface area (TPSA) is 56.6 Å². The standard InChI is InChI=1S/C23H22ClN3O3S2/c24-17-4-1-2-5-18(17)30-12-9-27-20(14-26-7-10-29-11-8-26)25-22-21(23(27)28)16(15-32-22)19-6-3-13-31-19/h1-6,13,15H,7-12,14H2. The van der Waals surface area contributed by atoms with Gasteiger partial charge in [-0.2, -0.15) is 0 Å². The van der Waals surface area contributed by atoms with Gasteiger partial charge in [-0.3, -0.25) is 14.3 Å². The van der Waals surface area contributed by atoms with E-state index in [-0.39, 0.29) is 5.56 Å². The monoisotopic (exact) mass is 487 g/mol. The first kappa shape index (κ1) is 21.6. The Labute approximate surface area is 198 Å². The molecule has 4 aromatic rings. The summed E-state index contributed by atoms with van der Waals surface area (Å²) in [4.78, 5) is 22.7. The second-order valence-corrected chi connectivity index (χ2v) is 9.67. The molecule has 4 heterocycles. The molecule has 0 unspecified atom stereocenters. The number of nitrogens with zero attached hydrogens (tertiary/aromatic N) is 3. The number of ether oxygens (including phenoxy) is 2. The molecular formula is C23H22ClN3O3S2. The summed E-state index contributed by atoms with van der Waals surface area (Å²) >= 11 is 9.37. The Balaban J connectivity index is 1.50. The van der Waals surface area contributed by atoms with Gasteiger partial charge in [0.05, 0.1) is 36.7 Å². The Morgan fingerprint density at radius 1 is 1.12 bits per heavy atom. The predicted molar refractivity (Wildman–Crippen MR) is 130 cm³/mol. The Morgan fingerprint density at radius 2 is 1.97 bits per heavy atom. The highest BCUT2D eigenvalue weighted by molar-refractivity contribution is 7.18. The molecule has 0 aliphatic carbocycles. The van der Waals surface area contributed by atoms with Gasteiger partial charge in [0.25, 0.3) is 5.56 Å². The van der Waals surface area contributed by atoms with Crippen LogP contribution in [0.5, 0.6) is 5.75 Å². The Morgan fingerprint density at radius 3 is 2.75 bits per heavy atom. The molecule has 0 N–H and O–H groups in total. The third kappa shape index (κ3) is 4.46. The third-order valence-corrected chi connectivity index (χ3v) is 7.52. The van der Waals surface area contributed by atoms with Gasteiger partial charge in [-0.05, 0) is 23.6 Å². The predicted octanol–water partition coefficient (Wildman–Crippen LogP) is 4.75. The summed E-state index contributed by atoms with van der Waals surface area (Å²) in [6, 6.07) is 11.4. The fourth-order valence-electron chi connectivity index (χ4n) is 3.80. The molecule has 3 aromatic heterocycles. The van der Waals surface area contributed by atoms with Crippen LogP contribution in [0.3, 0.4) is 0 Å². The first-order chi connectivity index (χ1) is 15.7. The number of aromatic nitrogens is 2. The van der Waals surface area contributed by atoms with Crippen LogP contribution < -0.4 is 10.3 Å². The van der Waals surface area contributed by atoms with E-state index >= 15 is 0 Å². The number of fused-ring (bicyclic) bond motifs is 1. The molecule has 1 fully saturated rings. The molecule has 0 radical (unpaired) electrons. The number of morpholine rings is 1. The first-order valence-corrected chi connectivity index (χ1v) is 12.6. The van der Waals surface area contributed by atoms with E-state index in [2.05, 4.69) is 4.90 Å². The van der Waals surface area contributed by atoms with Crippen molar-refractivity contribution in [3.63, 3.8) is 0 Å². The summed E-state index contributed by atoms with van der Waals surface area (Å²) in [6.07, 6.45) is 0. The molecule has 166 valence electrons. The van der Waals surface area contributed by atoms with Crippen LogP contribution >= 0.6 is 34.3 Å². The van der Waals surface area contributed by atoms with Gasteiger partial charge in [-0.1, -0.05) is 29.8 Å². The minimum atomic E-state index is -0.0225. The highest BCUT2D eigenvalue weighted by atomic mass is 35.5. The summed E-state index contributed by atoms with van der Waals surface area (Å²) < 4.78 is 13.1. The van der Waals surface area contributed by atoms with E-state index in [4.69, 9.17) is 26.1 Å². The van der Waals surface area contributed by atoms with Gasteiger partial charge >= 0.3 is 0 Å². The van der Waals surface area contributed by atoms with E-state index in [1.807, 2.05) is 41.1 Å². The summed E-state index contributed by atoms with van der Waals surface area (Å²) in [5.74, 6) is 1.37. The van der Waals surface area contributed by atoms with E-state index < -0.39 is 0 Å². The van der Waals surface area contributed by atoms with Crippen molar-refractivity contribution in [2.45, 2.75) is 13.1 Å². The molecular weight excluding hydrogens is 466 g/mol. The zero-order chi connectivity index (χ0) is 21.9. The highest BCUT2D eigenvalue weighted by Crippen LogP contribution is 2.34. The molecule has 0 saturated carbocycles. The van der Waals surface area contributed by atoms with Crippen molar-refractivity contribution < 1.29 is 9.47 Å². The fraction of sp³-hybridized carbons (Fsp3) is 0.304. The Hall–Kier alpha value is -2.23. The summed E-state index contributed by atoms with van der Waals surface area (Å²) in [5, 5.41) is 5.30. The van der Waals surface area contributed by atoms with Crippen LogP contribution in [-0.2, 0) is 17.8 Å². The van der Waals surface area contributed by atoms with E-state index in [0.29, 0.717) is 49.1 Å². The van der Waals surface area contributed by atoms with Crippen molar-refractivity contribution in [1.82, 2.24) is 14.5 Å². The lowest BCUT2D eigenvalue weighted by molar-refractivity contribution is 0.0323. The maximum atomic E-state index is 13.7. The van der Waals surface area contributed by atoms with Crippen molar-refractivity contribution in [2.24, 2.45) is 0 Å². The van der Waals surface area contributed by atoms with Gasteiger partial charge < -0.3 is 9.47 Å². The molecule has 0 bridgehead atoms. The van der Waals surface area contributed by atoms with Gasteiger partial charge in [-0.25, -0.2) is 4.98 Å². The smallest absolute Gasteiger partial charge is 0.263 e. The van der Waals surface area contributed by atoms with Crippen molar-refractivity contribution in [2.75, 3.05) is 32.9 Å². The van der Waals surface area contributed by atoms with Gasteiger partial charge in [0.2, 0.25) is 0 Å². The lowest BCUT2D eigenvalue weighted by Gasteiger charge is -2.27. The number of thiophene rings is 2. The van der Waals surface area contributed by atoms with E-state index in [0.717, 1.165) is 34.2 Å². The van der Waals surface area contributed by atoms with Crippen LogP contribution in [0.25, 0.3) is 20.7 Å². The maximum absolute atomic E-state index is 13.7. The van der Waals surface area contributed by atoms with Crippen molar-refractivity contribution in [3.05, 3.63) is 68.4 Å².